The maximum atomic E-state index is 5.35. The Hall–Kier alpha value is -3.15. The lowest BCUT2D eigenvalue weighted by molar-refractivity contribution is 0.152. The third kappa shape index (κ3) is 4.01. The average molecular weight is 430 g/mol. The van der Waals surface area contributed by atoms with E-state index in [0.717, 1.165) is 25.0 Å². The van der Waals surface area contributed by atoms with Gasteiger partial charge in [-0.3, -0.25) is 0 Å². The molecule has 0 fully saturated rings. The van der Waals surface area contributed by atoms with E-state index in [-0.39, 0.29) is 0 Å². The van der Waals surface area contributed by atoms with E-state index < -0.39 is 0 Å². The normalized spacial score (nSPS) is 13.9. The Labute approximate surface area is 189 Å². The van der Waals surface area contributed by atoms with Crippen LogP contribution in [0.4, 0.5) is 0 Å². The Morgan fingerprint density at radius 3 is 2.31 bits per heavy atom. The summed E-state index contributed by atoms with van der Waals surface area (Å²) in [7, 11) is 0. The second-order valence-electron chi connectivity index (χ2n) is 7.77. The molecule has 4 aromatic rings. The first-order valence-electron chi connectivity index (χ1n) is 11.4. The van der Waals surface area contributed by atoms with E-state index in [1.54, 1.807) is 0 Å². The number of benzene rings is 3. The molecule has 1 heterocycles. The minimum atomic E-state index is 0.597. The quantitative estimate of drug-likeness (QED) is 0.400. The van der Waals surface area contributed by atoms with E-state index in [1.165, 1.54) is 44.2 Å². The molecule has 0 saturated carbocycles. The third-order valence-corrected chi connectivity index (χ3v) is 5.94. The van der Waals surface area contributed by atoms with Crippen LogP contribution in [0.1, 0.15) is 43.9 Å². The van der Waals surface area contributed by atoms with Gasteiger partial charge in [0.25, 0.3) is 0 Å². The van der Waals surface area contributed by atoms with Gasteiger partial charge in [0.2, 0.25) is 0 Å². The standard InChI is InChI=1S/C25H24N2O.C2H7NO/c1-3-17-9-11-18(12-10-17)27-23-8-6-5-7-21(23)25-20-13-15-22(26-28-4-2)19(20)14-16-24(25)27;1-2-4-3/h5-12,14,16H,3-4,13,15H2,1-2H3;2-3H2,1H3. The van der Waals surface area contributed by atoms with Gasteiger partial charge in [0.05, 0.1) is 23.4 Å². The monoisotopic (exact) mass is 429 g/mol. The highest BCUT2D eigenvalue weighted by Gasteiger charge is 2.24. The molecule has 5 nitrogen and oxygen atoms in total. The van der Waals surface area contributed by atoms with E-state index in [4.69, 9.17) is 4.84 Å². The summed E-state index contributed by atoms with van der Waals surface area (Å²) in [6.07, 6.45) is 3.02. The summed E-state index contributed by atoms with van der Waals surface area (Å²) >= 11 is 0. The van der Waals surface area contributed by atoms with Crippen molar-refractivity contribution in [2.24, 2.45) is 11.1 Å². The molecule has 1 aliphatic rings. The Bertz CT molecular complexity index is 1240. The first-order chi connectivity index (χ1) is 15.7. The van der Waals surface area contributed by atoms with Gasteiger partial charge in [0.1, 0.15) is 6.61 Å². The predicted octanol–water partition coefficient (Wildman–Crippen LogP) is 5.93. The fourth-order valence-electron chi connectivity index (χ4n) is 4.44. The van der Waals surface area contributed by atoms with Crippen molar-refractivity contribution in [3.63, 3.8) is 0 Å². The lowest BCUT2D eigenvalue weighted by atomic mass is 10.0. The largest absolute Gasteiger partial charge is 0.396 e. The third-order valence-electron chi connectivity index (χ3n) is 5.94. The summed E-state index contributed by atoms with van der Waals surface area (Å²) in [5, 5.41) is 7.03. The molecule has 0 saturated heterocycles. The first-order valence-corrected chi connectivity index (χ1v) is 11.4. The molecule has 0 aliphatic heterocycles. The molecule has 0 bridgehead atoms. The van der Waals surface area contributed by atoms with Crippen molar-refractivity contribution in [1.82, 2.24) is 4.57 Å². The smallest absolute Gasteiger partial charge is 0.114 e. The average Bonchev–Trinajstić information content (AvgIpc) is 3.41. The highest BCUT2D eigenvalue weighted by molar-refractivity contribution is 6.16. The van der Waals surface area contributed by atoms with Gasteiger partial charge >= 0.3 is 0 Å². The molecule has 0 spiro atoms. The molecule has 166 valence electrons. The molecule has 1 aliphatic carbocycles. The zero-order valence-corrected chi connectivity index (χ0v) is 19.1. The Morgan fingerprint density at radius 2 is 1.62 bits per heavy atom. The van der Waals surface area contributed by atoms with E-state index in [1.807, 2.05) is 13.8 Å². The molecular weight excluding hydrogens is 398 g/mol. The van der Waals surface area contributed by atoms with Crippen LogP contribution in [0.25, 0.3) is 27.5 Å². The van der Waals surface area contributed by atoms with Crippen molar-refractivity contribution in [2.75, 3.05) is 13.2 Å². The Balaban J connectivity index is 0.000000567. The summed E-state index contributed by atoms with van der Waals surface area (Å²) in [6, 6.07) is 22.1. The maximum Gasteiger partial charge on any atom is 0.114 e. The highest BCUT2D eigenvalue weighted by atomic mass is 16.6. The number of aromatic nitrogens is 1. The summed E-state index contributed by atoms with van der Waals surface area (Å²) in [4.78, 5) is 9.39. The fraction of sp³-hybridized carbons (Fsp3) is 0.296. The molecule has 1 aromatic heterocycles. The minimum Gasteiger partial charge on any atom is -0.396 e. The van der Waals surface area contributed by atoms with Gasteiger partial charge in [-0.2, -0.15) is 0 Å². The molecule has 32 heavy (non-hydrogen) atoms. The lowest BCUT2D eigenvalue weighted by Crippen LogP contribution is -1.97. The van der Waals surface area contributed by atoms with Crippen LogP contribution >= 0.6 is 0 Å². The summed E-state index contributed by atoms with van der Waals surface area (Å²) in [6.45, 7) is 7.20. The van der Waals surface area contributed by atoms with Gasteiger partial charge < -0.3 is 14.2 Å². The molecule has 0 unspecified atom stereocenters. The Morgan fingerprint density at radius 1 is 0.875 bits per heavy atom. The van der Waals surface area contributed by atoms with Gasteiger partial charge in [0.15, 0.2) is 0 Å². The van der Waals surface area contributed by atoms with Crippen molar-refractivity contribution in [2.45, 2.75) is 40.0 Å². The summed E-state index contributed by atoms with van der Waals surface area (Å²) in [5.41, 5.74) is 8.81. The molecule has 0 radical (unpaired) electrons. The molecule has 0 atom stereocenters. The van der Waals surface area contributed by atoms with Crippen LogP contribution in [0.2, 0.25) is 0 Å². The van der Waals surface area contributed by atoms with Crippen molar-refractivity contribution in [1.29, 1.82) is 0 Å². The van der Waals surface area contributed by atoms with Gasteiger partial charge in [-0.05, 0) is 68.5 Å². The van der Waals surface area contributed by atoms with E-state index in [0.29, 0.717) is 13.2 Å². The molecule has 5 rings (SSSR count). The van der Waals surface area contributed by atoms with E-state index in [9.17, 15) is 0 Å². The maximum absolute atomic E-state index is 5.35. The van der Waals surface area contributed by atoms with Crippen molar-refractivity contribution in [3.05, 3.63) is 77.4 Å². The number of hydrogen-bond donors (Lipinski definition) is 1. The van der Waals surface area contributed by atoms with Crippen LogP contribution in [0.5, 0.6) is 0 Å². The molecule has 3 aromatic carbocycles. The molecule has 5 heteroatoms. The molecular formula is C27H31N3O2. The first kappa shape index (κ1) is 22.1. The predicted molar refractivity (Wildman–Crippen MR) is 132 cm³/mol. The van der Waals surface area contributed by atoms with Crippen molar-refractivity contribution < 1.29 is 9.68 Å². The van der Waals surface area contributed by atoms with Gasteiger partial charge in [0, 0.05) is 22.0 Å². The second-order valence-corrected chi connectivity index (χ2v) is 7.77. The van der Waals surface area contributed by atoms with E-state index >= 15 is 0 Å². The zero-order chi connectivity index (χ0) is 22.5. The molecule has 0 amide bonds. The van der Waals surface area contributed by atoms with Gasteiger partial charge in [-0.15, -0.1) is 0 Å². The van der Waals surface area contributed by atoms with Crippen LogP contribution in [0.3, 0.4) is 0 Å². The van der Waals surface area contributed by atoms with Gasteiger partial charge in [-0.25, -0.2) is 5.90 Å². The van der Waals surface area contributed by atoms with Gasteiger partial charge in [-0.1, -0.05) is 48.5 Å². The zero-order valence-electron chi connectivity index (χ0n) is 19.1. The van der Waals surface area contributed by atoms with E-state index in [2.05, 4.69) is 88.0 Å². The topological polar surface area (TPSA) is 61.8 Å². The number of nitrogens with two attached hydrogens (primary N) is 1. The number of aryl methyl sites for hydroxylation is 2. The number of hydrogen-bond acceptors (Lipinski definition) is 4. The number of nitrogens with zero attached hydrogens (tertiary/aromatic N) is 2. The van der Waals surface area contributed by atoms with Crippen molar-refractivity contribution >= 4 is 27.5 Å². The van der Waals surface area contributed by atoms with Crippen molar-refractivity contribution in [3.8, 4) is 5.69 Å². The molecule has 2 N–H and O–H groups in total. The lowest BCUT2D eigenvalue weighted by Gasteiger charge is -2.09. The summed E-state index contributed by atoms with van der Waals surface area (Å²) in [5.74, 6) is 4.53. The fourth-order valence-corrected chi connectivity index (χ4v) is 4.44. The van der Waals surface area contributed by atoms with Crippen LogP contribution < -0.4 is 5.90 Å². The number of fused-ring (bicyclic) bond motifs is 5. The van der Waals surface area contributed by atoms with Crippen LogP contribution in [-0.2, 0) is 22.5 Å². The number of oxime groups is 1. The minimum absolute atomic E-state index is 0.597. The SMILES string of the molecule is CCON.CCON=C1CCc2c1ccc1c2c2ccccc2n1-c1ccc(CC)cc1. The summed E-state index contributed by atoms with van der Waals surface area (Å²) < 4.78 is 2.39. The second kappa shape index (κ2) is 9.98. The van der Waals surface area contributed by atoms with Crippen LogP contribution in [0.15, 0.2) is 65.8 Å². The van der Waals surface area contributed by atoms with Crippen LogP contribution in [0, 0.1) is 0 Å². The Kier molecular flexibility index (Phi) is 6.88. The van der Waals surface area contributed by atoms with Crippen LogP contribution in [-0.4, -0.2) is 23.5 Å². The highest BCUT2D eigenvalue weighted by Crippen LogP contribution is 2.38. The number of para-hydroxylation sites is 1. The number of rotatable bonds is 5.